The summed E-state index contributed by atoms with van der Waals surface area (Å²) < 4.78 is 27.7. The van der Waals surface area contributed by atoms with Crippen LogP contribution in [-0.2, 0) is 17.1 Å². The van der Waals surface area contributed by atoms with Crippen molar-refractivity contribution >= 4 is 27.5 Å². The molecule has 0 radical (unpaired) electrons. The van der Waals surface area contributed by atoms with Gasteiger partial charge in [0.05, 0.1) is 11.2 Å². The molecule has 0 bridgehead atoms. The molecule has 1 aliphatic heterocycles. The van der Waals surface area contributed by atoms with Crippen molar-refractivity contribution in [3.05, 3.63) is 11.2 Å². The van der Waals surface area contributed by atoms with Crippen LogP contribution in [0.15, 0.2) is 16.4 Å². The molecule has 2 heterocycles. The van der Waals surface area contributed by atoms with E-state index in [4.69, 9.17) is 22.5 Å². The zero-order valence-corrected chi connectivity index (χ0v) is 12.5. The van der Waals surface area contributed by atoms with Gasteiger partial charge >= 0.3 is 0 Å². The monoisotopic (exact) mass is 321 g/mol. The Labute approximate surface area is 121 Å². The van der Waals surface area contributed by atoms with Gasteiger partial charge in [-0.2, -0.15) is 9.40 Å². The molecular weight excluding hydrogens is 306 g/mol. The van der Waals surface area contributed by atoms with E-state index in [0.29, 0.717) is 19.4 Å². The van der Waals surface area contributed by atoms with E-state index in [1.165, 1.54) is 22.2 Å². The fraction of sp³-hybridized carbons (Fsp3) is 0.600. The summed E-state index contributed by atoms with van der Waals surface area (Å²) in [6.07, 6.45) is 2.61. The van der Waals surface area contributed by atoms with Crippen LogP contribution in [0.4, 0.5) is 0 Å². The molecule has 1 fully saturated rings. The summed E-state index contributed by atoms with van der Waals surface area (Å²) in [5, 5.41) is 15.5. The van der Waals surface area contributed by atoms with E-state index in [2.05, 4.69) is 10.3 Å². The van der Waals surface area contributed by atoms with E-state index in [1.807, 2.05) is 0 Å². The van der Waals surface area contributed by atoms with Crippen molar-refractivity contribution in [3.8, 4) is 0 Å². The second-order valence-corrected chi connectivity index (χ2v) is 6.91. The number of nitrogens with two attached hydrogens (primary N) is 1. The molecule has 1 aliphatic rings. The Morgan fingerprint density at radius 3 is 2.90 bits per heavy atom. The van der Waals surface area contributed by atoms with Crippen molar-refractivity contribution in [2.75, 3.05) is 13.1 Å². The molecule has 112 valence electrons. The first kappa shape index (κ1) is 15.1. The predicted octanol–water partition coefficient (Wildman–Crippen LogP) is 0.221. The van der Waals surface area contributed by atoms with Crippen molar-refractivity contribution < 1.29 is 13.6 Å². The minimum absolute atomic E-state index is 0.0423. The van der Waals surface area contributed by atoms with Crippen molar-refractivity contribution in [3.63, 3.8) is 0 Å². The summed E-state index contributed by atoms with van der Waals surface area (Å²) >= 11 is 5.90. The van der Waals surface area contributed by atoms with E-state index in [1.54, 1.807) is 0 Å². The lowest BCUT2D eigenvalue weighted by Gasteiger charge is -2.31. The Kier molecular flexibility index (Phi) is 4.21. The number of nitrogens with zero attached hydrogens (tertiary/aromatic N) is 4. The molecule has 0 spiro atoms. The fourth-order valence-electron chi connectivity index (χ4n) is 2.30. The van der Waals surface area contributed by atoms with Crippen molar-refractivity contribution in [2.45, 2.75) is 17.9 Å². The first-order valence-electron chi connectivity index (χ1n) is 6.03. The molecule has 3 N–H and O–H groups in total. The summed E-state index contributed by atoms with van der Waals surface area (Å²) in [4.78, 5) is 0. The van der Waals surface area contributed by atoms with Crippen molar-refractivity contribution in [1.29, 1.82) is 0 Å². The molecule has 0 saturated carbocycles. The Bertz CT molecular complexity index is 607. The number of hydrogen-bond acceptors (Lipinski definition) is 5. The van der Waals surface area contributed by atoms with Crippen LogP contribution in [0.5, 0.6) is 0 Å². The van der Waals surface area contributed by atoms with Gasteiger partial charge in [-0.15, -0.1) is 0 Å². The highest BCUT2D eigenvalue weighted by molar-refractivity contribution is 7.89. The number of halogens is 1. The van der Waals surface area contributed by atoms with Crippen LogP contribution in [0.25, 0.3) is 0 Å². The van der Waals surface area contributed by atoms with Gasteiger partial charge in [0, 0.05) is 26.1 Å². The first-order chi connectivity index (χ1) is 9.37. The molecule has 20 heavy (non-hydrogen) atoms. The maximum absolute atomic E-state index is 12.6. The van der Waals surface area contributed by atoms with Crippen LogP contribution in [-0.4, -0.2) is 46.6 Å². The van der Waals surface area contributed by atoms with Gasteiger partial charge in [0.2, 0.25) is 0 Å². The molecule has 0 aromatic carbocycles. The quantitative estimate of drug-likeness (QED) is 0.358. The van der Waals surface area contributed by atoms with E-state index in [9.17, 15) is 8.42 Å². The number of aryl methyl sites for hydroxylation is 1. The fourth-order valence-corrected chi connectivity index (χ4v) is 4.42. The van der Waals surface area contributed by atoms with Crippen LogP contribution in [0.3, 0.4) is 0 Å². The van der Waals surface area contributed by atoms with Gasteiger partial charge in [-0.25, -0.2) is 8.42 Å². The zero-order chi connectivity index (χ0) is 14.9. The second-order valence-electron chi connectivity index (χ2n) is 4.65. The summed E-state index contributed by atoms with van der Waals surface area (Å²) in [6, 6.07) is 0. The largest absolute Gasteiger partial charge is 0.409 e. The molecule has 0 amide bonds. The minimum Gasteiger partial charge on any atom is -0.409 e. The van der Waals surface area contributed by atoms with Gasteiger partial charge in [-0.1, -0.05) is 16.8 Å². The van der Waals surface area contributed by atoms with Gasteiger partial charge < -0.3 is 10.9 Å². The molecule has 10 heteroatoms. The number of amidine groups is 1. The van der Waals surface area contributed by atoms with Crippen LogP contribution < -0.4 is 5.73 Å². The number of hydrogen-bond donors (Lipinski definition) is 2. The third kappa shape index (κ3) is 2.60. The summed E-state index contributed by atoms with van der Waals surface area (Å²) in [7, 11) is -2.23. The Morgan fingerprint density at radius 2 is 2.35 bits per heavy atom. The molecule has 1 saturated heterocycles. The zero-order valence-electron chi connectivity index (χ0n) is 10.9. The highest BCUT2D eigenvalue weighted by Crippen LogP contribution is 2.27. The summed E-state index contributed by atoms with van der Waals surface area (Å²) in [5.74, 6) is -0.253. The second kappa shape index (κ2) is 5.58. The van der Waals surface area contributed by atoms with Crippen LogP contribution in [0, 0.1) is 5.92 Å². The first-order valence-corrected chi connectivity index (χ1v) is 7.84. The standard InChI is InChI=1S/C10H16ClN5O3S/c1-15-10(8(11)5-13-15)20(18,19)16-4-2-3-7(6-16)9(12)14-17/h5,7,17H,2-4,6H2,1H3,(H2,12,14). The number of oxime groups is 1. The molecular formula is C10H16ClN5O3S. The number of piperidine rings is 1. The van der Waals surface area contributed by atoms with Gasteiger partial charge in [0.25, 0.3) is 10.0 Å². The molecule has 1 atom stereocenters. The van der Waals surface area contributed by atoms with Gasteiger partial charge in [-0.05, 0) is 12.8 Å². The summed E-state index contributed by atoms with van der Waals surface area (Å²) in [6.45, 7) is 0.540. The SMILES string of the molecule is Cn1ncc(Cl)c1S(=O)(=O)N1CCCC(C(N)=NO)C1. The van der Waals surface area contributed by atoms with Crippen LogP contribution in [0.2, 0.25) is 5.02 Å². The number of rotatable bonds is 3. The maximum atomic E-state index is 12.6. The molecule has 0 aliphatic carbocycles. The molecule has 1 unspecified atom stereocenters. The topological polar surface area (TPSA) is 114 Å². The lowest BCUT2D eigenvalue weighted by Crippen LogP contribution is -2.44. The molecule has 1 aromatic heterocycles. The third-order valence-electron chi connectivity index (χ3n) is 3.34. The Balaban J connectivity index is 2.31. The minimum atomic E-state index is -3.75. The lowest BCUT2D eigenvalue weighted by atomic mass is 9.99. The van der Waals surface area contributed by atoms with E-state index in [-0.39, 0.29) is 28.3 Å². The van der Waals surface area contributed by atoms with Crippen LogP contribution in [0.1, 0.15) is 12.8 Å². The average Bonchev–Trinajstić information content (AvgIpc) is 2.78. The van der Waals surface area contributed by atoms with E-state index in [0.717, 1.165) is 0 Å². The van der Waals surface area contributed by atoms with Gasteiger partial charge in [0.15, 0.2) is 5.03 Å². The van der Waals surface area contributed by atoms with Crippen LogP contribution >= 0.6 is 11.6 Å². The van der Waals surface area contributed by atoms with E-state index >= 15 is 0 Å². The lowest BCUT2D eigenvalue weighted by molar-refractivity contribution is 0.286. The molecule has 2 rings (SSSR count). The van der Waals surface area contributed by atoms with Crippen molar-refractivity contribution in [1.82, 2.24) is 14.1 Å². The maximum Gasteiger partial charge on any atom is 0.261 e. The highest BCUT2D eigenvalue weighted by atomic mass is 35.5. The molecule has 8 nitrogen and oxygen atoms in total. The molecule has 1 aromatic rings. The Hall–Kier alpha value is -1.32. The average molecular weight is 322 g/mol. The van der Waals surface area contributed by atoms with E-state index < -0.39 is 10.0 Å². The third-order valence-corrected chi connectivity index (χ3v) is 5.72. The van der Waals surface area contributed by atoms with Gasteiger partial charge in [0.1, 0.15) is 5.84 Å². The summed E-state index contributed by atoms with van der Waals surface area (Å²) in [5.41, 5.74) is 5.57. The number of sulfonamides is 1. The smallest absolute Gasteiger partial charge is 0.261 e. The Morgan fingerprint density at radius 1 is 1.65 bits per heavy atom. The normalized spacial score (nSPS) is 22.1. The number of aromatic nitrogens is 2. The van der Waals surface area contributed by atoms with Crippen molar-refractivity contribution in [2.24, 2.45) is 23.9 Å². The van der Waals surface area contributed by atoms with Gasteiger partial charge in [-0.3, -0.25) is 4.68 Å². The predicted molar refractivity (Wildman–Crippen MR) is 73.1 cm³/mol. The highest BCUT2D eigenvalue weighted by Gasteiger charge is 2.35.